The molecule has 0 spiro atoms. The minimum absolute atomic E-state index is 0.0977. The van der Waals surface area contributed by atoms with E-state index in [9.17, 15) is 4.79 Å². The molecule has 0 aliphatic carbocycles. The lowest BCUT2D eigenvalue weighted by molar-refractivity contribution is -0.121. The summed E-state index contributed by atoms with van der Waals surface area (Å²) in [6.45, 7) is 6.26. The molecule has 4 heteroatoms. The summed E-state index contributed by atoms with van der Waals surface area (Å²) >= 11 is 0. The van der Waals surface area contributed by atoms with Gasteiger partial charge in [-0.2, -0.15) is 0 Å². The van der Waals surface area contributed by atoms with Crippen LogP contribution in [0.1, 0.15) is 31.4 Å². The van der Waals surface area contributed by atoms with Crippen LogP contribution in [0.2, 0.25) is 0 Å². The summed E-state index contributed by atoms with van der Waals surface area (Å²) in [6.07, 6.45) is 0. The van der Waals surface area contributed by atoms with Crippen molar-refractivity contribution in [1.29, 1.82) is 0 Å². The third kappa shape index (κ3) is 3.40. The molecule has 1 amide bonds. The average molecular weight is 210 g/mol. The lowest BCUT2D eigenvalue weighted by atomic mass is 10.1. The molecule has 1 aromatic rings. The van der Waals surface area contributed by atoms with E-state index in [-0.39, 0.29) is 17.9 Å². The van der Waals surface area contributed by atoms with Gasteiger partial charge in [-0.25, -0.2) is 0 Å². The predicted molar refractivity (Wildman–Crippen MR) is 58.2 cm³/mol. The van der Waals surface area contributed by atoms with Gasteiger partial charge in [0.05, 0.1) is 6.04 Å². The molecule has 15 heavy (non-hydrogen) atoms. The topological polar surface area (TPSA) is 68.3 Å². The van der Waals surface area contributed by atoms with E-state index in [1.165, 1.54) is 0 Å². The van der Waals surface area contributed by atoms with Crippen LogP contribution in [0.25, 0.3) is 0 Å². The van der Waals surface area contributed by atoms with Crippen molar-refractivity contribution in [2.75, 3.05) is 6.54 Å². The fourth-order valence-electron chi connectivity index (χ4n) is 1.24. The van der Waals surface area contributed by atoms with E-state index in [0.717, 1.165) is 11.5 Å². The van der Waals surface area contributed by atoms with Crippen molar-refractivity contribution in [2.24, 2.45) is 11.7 Å². The molecular formula is C11H18N2O2. The molecule has 0 saturated carbocycles. The van der Waals surface area contributed by atoms with E-state index in [2.05, 4.69) is 5.32 Å². The first-order chi connectivity index (χ1) is 7.00. The first kappa shape index (κ1) is 11.8. The van der Waals surface area contributed by atoms with Gasteiger partial charge in [-0.05, 0) is 26.0 Å². The van der Waals surface area contributed by atoms with Gasteiger partial charge in [-0.1, -0.05) is 6.92 Å². The second kappa shape index (κ2) is 4.98. The van der Waals surface area contributed by atoms with Gasteiger partial charge < -0.3 is 15.5 Å². The van der Waals surface area contributed by atoms with Crippen LogP contribution in [-0.2, 0) is 4.79 Å². The summed E-state index contributed by atoms with van der Waals surface area (Å²) < 4.78 is 5.46. The number of amides is 1. The maximum Gasteiger partial charge on any atom is 0.221 e. The molecule has 2 atom stereocenters. The number of nitrogens with two attached hydrogens (primary N) is 1. The molecule has 2 unspecified atom stereocenters. The molecule has 0 aliphatic heterocycles. The zero-order valence-electron chi connectivity index (χ0n) is 9.41. The second-order valence-corrected chi connectivity index (χ2v) is 3.88. The maximum atomic E-state index is 10.8. The maximum absolute atomic E-state index is 10.8. The molecule has 0 aromatic carbocycles. The van der Waals surface area contributed by atoms with E-state index < -0.39 is 0 Å². The monoisotopic (exact) mass is 210 g/mol. The molecule has 1 rings (SSSR count). The minimum atomic E-state index is -0.287. The van der Waals surface area contributed by atoms with Gasteiger partial charge in [0.25, 0.3) is 0 Å². The quantitative estimate of drug-likeness (QED) is 0.771. The fraction of sp³-hybridized carbons (Fsp3) is 0.545. The number of aryl methyl sites for hydroxylation is 1. The summed E-state index contributed by atoms with van der Waals surface area (Å²) in [4.78, 5) is 10.8. The Morgan fingerprint density at radius 2 is 2.20 bits per heavy atom. The second-order valence-electron chi connectivity index (χ2n) is 3.88. The van der Waals surface area contributed by atoms with Crippen LogP contribution in [0.4, 0.5) is 0 Å². The highest BCUT2D eigenvalue weighted by Crippen LogP contribution is 2.15. The van der Waals surface area contributed by atoms with Gasteiger partial charge in [0.1, 0.15) is 11.5 Å². The van der Waals surface area contributed by atoms with Crippen LogP contribution in [0.3, 0.4) is 0 Å². The molecule has 84 valence electrons. The van der Waals surface area contributed by atoms with Crippen LogP contribution in [0, 0.1) is 12.8 Å². The van der Waals surface area contributed by atoms with E-state index in [1.54, 1.807) is 6.92 Å². The SMILES string of the molecule is Cc1ccc(C(C)NCC(C)C(N)=O)o1. The summed E-state index contributed by atoms with van der Waals surface area (Å²) in [6, 6.07) is 3.95. The number of hydrogen-bond donors (Lipinski definition) is 2. The van der Waals surface area contributed by atoms with E-state index in [4.69, 9.17) is 10.2 Å². The molecule has 3 N–H and O–H groups in total. The Hall–Kier alpha value is -1.29. The first-order valence-electron chi connectivity index (χ1n) is 5.09. The first-order valence-corrected chi connectivity index (χ1v) is 5.09. The zero-order valence-corrected chi connectivity index (χ0v) is 9.41. The summed E-state index contributed by atoms with van der Waals surface area (Å²) in [5.41, 5.74) is 5.16. The van der Waals surface area contributed by atoms with Crippen LogP contribution in [-0.4, -0.2) is 12.5 Å². The van der Waals surface area contributed by atoms with Gasteiger partial charge in [-0.3, -0.25) is 4.79 Å². The number of hydrogen-bond acceptors (Lipinski definition) is 3. The number of rotatable bonds is 5. The van der Waals surface area contributed by atoms with Gasteiger partial charge in [0.2, 0.25) is 5.91 Å². The Morgan fingerprint density at radius 1 is 1.53 bits per heavy atom. The molecule has 1 heterocycles. The molecule has 0 radical (unpaired) electrons. The summed E-state index contributed by atoms with van der Waals surface area (Å²) in [5.74, 6) is 1.32. The van der Waals surface area contributed by atoms with Gasteiger partial charge in [0.15, 0.2) is 0 Å². The van der Waals surface area contributed by atoms with E-state index >= 15 is 0 Å². The molecular weight excluding hydrogens is 192 g/mol. The lowest BCUT2D eigenvalue weighted by Gasteiger charge is -2.13. The Bertz CT molecular complexity index is 333. The van der Waals surface area contributed by atoms with Crippen molar-refractivity contribution in [1.82, 2.24) is 5.32 Å². The van der Waals surface area contributed by atoms with Gasteiger partial charge >= 0.3 is 0 Å². The largest absolute Gasteiger partial charge is 0.465 e. The third-order valence-corrected chi connectivity index (χ3v) is 2.40. The Labute approximate surface area is 89.8 Å². The normalized spacial score (nSPS) is 14.9. The smallest absolute Gasteiger partial charge is 0.221 e. The van der Waals surface area contributed by atoms with Crippen LogP contribution in [0.5, 0.6) is 0 Å². The standard InChI is InChI=1S/C11H18N2O2/c1-7(11(12)14)6-13-9(3)10-5-4-8(2)15-10/h4-5,7,9,13H,6H2,1-3H3,(H2,12,14). The number of primary amides is 1. The van der Waals surface area contributed by atoms with Crippen molar-refractivity contribution >= 4 is 5.91 Å². The molecule has 4 nitrogen and oxygen atoms in total. The number of furan rings is 1. The highest BCUT2D eigenvalue weighted by atomic mass is 16.3. The van der Waals surface area contributed by atoms with Crippen molar-refractivity contribution in [3.05, 3.63) is 23.7 Å². The van der Waals surface area contributed by atoms with Crippen molar-refractivity contribution < 1.29 is 9.21 Å². The molecule has 0 saturated heterocycles. The Morgan fingerprint density at radius 3 is 2.67 bits per heavy atom. The fourth-order valence-corrected chi connectivity index (χ4v) is 1.24. The van der Waals surface area contributed by atoms with Crippen LogP contribution < -0.4 is 11.1 Å². The highest BCUT2D eigenvalue weighted by molar-refractivity contribution is 5.76. The minimum Gasteiger partial charge on any atom is -0.465 e. The molecule has 0 fully saturated rings. The highest BCUT2D eigenvalue weighted by Gasteiger charge is 2.13. The molecule has 0 aliphatic rings. The Kier molecular flexibility index (Phi) is 3.91. The number of nitrogens with one attached hydrogen (secondary N) is 1. The van der Waals surface area contributed by atoms with Gasteiger partial charge in [0, 0.05) is 12.5 Å². The van der Waals surface area contributed by atoms with Crippen LogP contribution >= 0.6 is 0 Å². The van der Waals surface area contributed by atoms with Crippen molar-refractivity contribution in [3.63, 3.8) is 0 Å². The van der Waals surface area contributed by atoms with Gasteiger partial charge in [-0.15, -0.1) is 0 Å². The van der Waals surface area contributed by atoms with Crippen molar-refractivity contribution in [2.45, 2.75) is 26.8 Å². The molecule has 1 aromatic heterocycles. The average Bonchev–Trinajstić information content (AvgIpc) is 2.60. The zero-order chi connectivity index (χ0) is 11.4. The number of carbonyl (C=O) groups excluding carboxylic acids is 1. The third-order valence-electron chi connectivity index (χ3n) is 2.40. The number of carbonyl (C=O) groups is 1. The summed E-state index contributed by atoms with van der Waals surface area (Å²) in [7, 11) is 0. The van der Waals surface area contributed by atoms with E-state index in [1.807, 2.05) is 26.0 Å². The van der Waals surface area contributed by atoms with Crippen molar-refractivity contribution in [3.8, 4) is 0 Å². The molecule has 0 bridgehead atoms. The van der Waals surface area contributed by atoms with Crippen LogP contribution in [0.15, 0.2) is 16.5 Å². The Balaban J connectivity index is 2.43. The summed E-state index contributed by atoms with van der Waals surface area (Å²) in [5, 5.41) is 3.20. The predicted octanol–water partition coefficient (Wildman–Crippen LogP) is 1.36. The van der Waals surface area contributed by atoms with E-state index in [0.29, 0.717) is 6.54 Å². The lowest BCUT2D eigenvalue weighted by Crippen LogP contribution is -2.32.